The van der Waals surface area contributed by atoms with Crippen LogP contribution in [-0.2, 0) is 4.79 Å². The molecule has 0 saturated heterocycles. The van der Waals surface area contributed by atoms with E-state index in [2.05, 4.69) is 39.1 Å². The Bertz CT molecular complexity index is 397. The molecule has 19 heavy (non-hydrogen) atoms. The molecule has 2 rings (SSSR count). The first-order valence-electron chi connectivity index (χ1n) is 7.40. The molecular formula is C16H26N2O. The van der Waals surface area contributed by atoms with Gasteiger partial charge in [-0.05, 0) is 49.4 Å². The van der Waals surface area contributed by atoms with Crippen molar-refractivity contribution in [2.24, 2.45) is 16.2 Å². The van der Waals surface area contributed by atoms with E-state index in [4.69, 9.17) is 0 Å². The fourth-order valence-corrected chi connectivity index (χ4v) is 4.19. The summed E-state index contributed by atoms with van der Waals surface area (Å²) in [5.41, 5.74) is -0.191. The van der Waals surface area contributed by atoms with E-state index in [0.717, 1.165) is 32.1 Å². The van der Waals surface area contributed by atoms with E-state index < -0.39 is 5.41 Å². The van der Waals surface area contributed by atoms with Gasteiger partial charge in [0.05, 0.1) is 6.07 Å². The minimum atomic E-state index is -0.717. The SMILES string of the molecule is CC1(C)CC(NC(=O)C2(C#N)CCC2)CC(C)(C)C1. The Morgan fingerprint density at radius 2 is 1.68 bits per heavy atom. The molecule has 0 atom stereocenters. The van der Waals surface area contributed by atoms with Crippen LogP contribution in [0.5, 0.6) is 0 Å². The fourth-order valence-electron chi connectivity index (χ4n) is 4.19. The van der Waals surface area contributed by atoms with E-state index in [0.29, 0.717) is 0 Å². The summed E-state index contributed by atoms with van der Waals surface area (Å²) in [6.45, 7) is 9.10. The number of rotatable bonds is 2. The zero-order valence-corrected chi connectivity index (χ0v) is 12.7. The molecule has 0 aromatic rings. The lowest BCUT2D eigenvalue weighted by molar-refractivity contribution is -0.133. The maximum Gasteiger partial charge on any atom is 0.240 e. The lowest BCUT2D eigenvalue weighted by Crippen LogP contribution is -2.52. The quantitative estimate of drug-likeness (QED) is 0.829. The van der Waals surface area contributed by atoms with Crippen LogP contribution in [0.15, 0.2) is 0 Å². The topological polar surface area (TPSA) is 52.9 Å². The summed E-state index contributed by atoms with van der Waals surface area (Å²) in [6.07, 6.45) is 5.69. The molecule has 2 saturated carbocycles. The molecule has 2 aliphatic rings. The van der Waals surface area contributed by atoms with Gasteiger partial charge in [-0.2, -0.15) is 5.26 Å². The number of nitrogens with zero attached hydrogens (tertiary/aromatic N) is 1. The Kier molecular flexibility index (Phi) is 3.41. The van der Waals surface area contributed by atoms with Gasteiger partial charge in [0, 0.05) is 6.04 Å². The number of nitrogens with one attached hydrogen (secondary N) is 1. The number of hydrogen-bond acceptors (Lipinski definition) is 2. The third-order valence-corrected chi connectivity index (χ3v) is 4.75. The first kappa shape index (κ1) is 14.4. The van der Waals surface area contributed by atoms with Gasteiger partial charge in [0.25, 0.3) is 0 Å². The predicted molar refractivity (Wildman–Crippen MR) is 75.2 cm³/mol. The van der Waals surface area contributed by atoms with Crippen molar-refractivity contribution in [2.75, 3.05) is 0 Å². The van der Waals surface area contributed by atoms with E-state index in [1.165, 1.54) is 6.42 Å². The third-order valence-electron chi connectivity index (χ3n) is 4.75. The van der Waals surface area contributed by atoms with Gasteiger partial charge in [-0.1, -0.05) is 27.7 Å². The van der Waals surface area contributed by atoms with Gasteiger partial charge in [-0.3, -0.25) is 4.79 Å². The molecule has 1 amide bonds. The van der Waals surface area contributed by atoms with Gasteiger partial charge >= 0.3 is 0 Å². The van der Waals surface area contributed by atoms with Crippen LogP contribution in [0.3, 0.4) is 0 Å². The molecule has 1 N–H and O–H groups in total. The first-order chi connectivity index (χ1) is 8.68. The Hall–Kier alpha value is -1.04. The van der Waals surface area contributed by atoms with Crippen LogP contribution in [0.4, 0.5) is 0 Å². The van der Waals surface area contributed by atoms with E-state index in [-0.39, 0.29) is 22.8 Å². The summed E-state index contributed by atoms with van der Waals surface area (Å²) in [7, 11) is 0. The van der Waals surface area contributed by atoms with Gasteiger partial charge in [0.1, 0.15) is 5.41 Å². The van der Waals surface area contributed by atoms with E-state index in [1.807, 2.05) is 0 Å². The van der Waals surface area contributed by atoms with Crippen LogP contribution in [0.25, 0.3) is 0 Å². The highest BCUT2D eigenvalue weighted by Gasteiger charge is 2.46. The molecule has 0 radical (unpaired) electrons. The summed E-state index contributed by atoms with van der Waals surface area (Å²) in [5, 5.41) is 12.4. The molecular weight excluding hydrogens is 236 g/mol. The molecule has 0 aromatic heterocycles. The molecule has 2 aliphatic carbocycles. The molecule has 0 aromatic carbocycles. The zero-order chi connectivity index (χ0) is 14.3. The highest BCUT2D eigenvalue weighted by Crippen LogP contribution is 2.46. The predicted octanol–water partition coefficient (Wildman–Crippen LogP) is 3.40. The number of carbonyl (C=O) groups excluding carboxylic acids is 1. The van der Waals surface area contributed by atoms with Crippen LogP contribution in [0, 0.1) is 27.6 Å². The normalized spacial score (nSPS) is 27.9. The van der Waals surface area contributed by atoms with Crippen molar-refractivity contribution < 1.29 is 4.79 Å². The highest BCUT2D eigenvalue weighted by atomic mass is 16.2. The largest absolute Gasteiger partial charge is 0.352 e. The van der Waals surface area contributed by atoms with Crippen LogP contribution in [0.1, 0.15) is 66.2 Å². The minimum absolute atomic E-state index is 0.0280. The van der Waals surface area contributed by atoms with Gasteiger partial charge < -0.3 is 5.32 Å². The number of nitriles is 1. The summed E-state index contributed by atoms with van der Waals surface area (Å²) in [6, 6.07) is 2.45. The monoisotopic (exact) mass is 262 g/mol. The smallest absolute Gasteiger partial charge is 0.240 e. The molecule has 3 nitrogen and oxygen atoms in total. The molecule has 2 fully saturated rings. The third kappa shape index (κ3) is 2.94. The number of carbonyl (C=O) groups is 1. The molecule has 0 heterocycles. The second-order valence-electron chi connectivity index (χ2n) is 8.13. The lowest BCUT2D eigenvalue weighted by Gasteiger charge is -2.46. The average Bonchev–Trinajstić information content (AvgIpc) is 2.10. The average molecular weight is 262 g/mol. The number of amides is 1. The van der Waals surface area contributed by atoms with Crippen molar-refractivity contribution >= 4 is 5.91 Å². The van der Waals surface area contributed by atoms with Crippen LogP contribution < -0.4 is 5.32 Å². The highest BCUT2D eigenvalue weighted by molar-refractivity contribution is 5.86. The van der Waals surface area contributed by atoms with Gasteiger partial charge in [0.2, 0.25) is 5.91 Å². The van der Waals surface area contributed by atoms with E-state index in [1.54, 1.807) is 0 Å². The maximum absolute atomic E-state index is 12.3. The first-order valence-corrected chi connectivity index (χ1v) is 7.40. The molecule has 106 valence electrons. The Morgan fingerprint density at radius 1 is 1.16 bits per heavy atom. The van der Waals surface area contributed by atoms with Crippen molar-refractivity contribution in [3.8, 4) is 6.07 Å². The molecule has 0 spiro atoms. The zero-order valence-electron chi connectivity index (χ0n) is 12.7. The van der Waals surface area contributed by atoms with Crippen molar-refractivity contribution in [1.29, 1.82) is 5.26 Å². The second-order valence-corrected chi connectivity index (χ2v) is 8.13. The van der Waals surface area contributed by atoms with Crippen molar-refractivity contribution in [3.63, 3.8) is 0 Å². The van der Waals surface area contributed by atoms with Crippen molar-refractivity contribution in [3.05, 3.63) is 0 Å². The summed E-state index contributed by atoms with van der Waals surface area (Å²) >= 11 is 0. The van der Waals surface area contributed by atoms with E-state index >= 15 is 0 Å². The standard InChI is InChI=1S/C16H26N2O/c1-14(2)8-12(9-15(3,4)10-14)18-13(19)16(11-17)6-5-7-16/h12H,5-10H2,1-4H3,(H,18,19). The summed E-state index contributed by atoms with van der Waals surface area (Å²) in [5.74, 6) is -0.0280. The second kappa shape index (κ2) is 4.51. The van der Waals surface area contributed by atoms with Crippen molar-refractivity contribution in [1.82, 2.24) is 5.32 Å². The Labute approximate surface area is 116 Å². The molecule has 3 heteroatoms. The molecule has 0 aliphatic heterocycles. The van der Waals surface area contributed by atoms with Gasteiger partial charge in [-0.15, -0.1) is 0 Å². The lowest BCUT2D eigenvalue weighted by atomic mass is 9.63. The molecule has 0 bridgehead atoms. The van der Waals surface area contributed by atoms with Crippen LogP contribution in [-0.4, -0.2) is 11.9 Å². The Morgan fingerprint density at radius 3 is 2.05 bits per heavy atom. The maximum atomic E-state index is 12.3. The summed E-state index contributed by atoms with van der Waals surface area (Å²) < 4.78 is 0. The minimum Gasteiger partial charge on any atom is -0.352 e. The molecule has 0 unspecified atom stereocenters. The Balaban J connectivity index is 2.03. The number of hydrogen-bond donors (Lipinski definition) is 1. The van der Waals surface area contributed by atoms with E-state index in [9.17, 15) is 10.1 Å². The van der Waals surface area contributed by atoms with Crippen LogP contribution in [0.2, 0.25) is 0 Å². The fraction of sp³-hybridized carbons (Fsp3) is 0.875. The van der Waals surface area contributed by atoms with Gasteiger partial charge in [0.15, 0.2) is 0 Å². The van der Waals surface area contributed by atoms with Crippen LogP contribution >= 0.6 is 0 Å². The van der Waals surface area contributed by atoms with Gasteiger partial charge in [-0.25, -0.2) is 0 Å². The summed E-state index contributed by atoms with van der Waals surface area (Å²) in [4.78, 5) is 12.3. The van der Waals surface area contributed by atoms with Crippen molar-refractivity contribution in [2.45, 2.75) is 72.3 Å².